The average Bonchev–Trinajstić information content (AvgIpc) is 3.00. The number of hydrogen-bond donors (Lipinski definition) is 0. The molecular formula is C12H15Cl. The highest BCUT2D eigenvalue weighted by Crippen LogP contribution is 2.42. The molecule has 1 aromatic carbocycles. The van der Waals surface area contributed by atoms with E-state index in [-0.39, 0.29) is 0 Å². The van der Waals surface area contributed by atoms with Gasteiger partial charge in [0.05, 0.1) is 0 Å². The summed E-state index contributed by atoms with van der Waals surface area (Å²) in [5.74, 6) is 2.29. The lowest BCUT2D eigenvalue weighted by Gasteiger charge is -2.10. The normalized spacial score (nSPS) is 18.6. The molecule has 0 nitrogen and oxygen atoms in total. The van der Waals surface area contributed by atoms with Crippen LogP contribution in [0.1, 0.15) is 36.8 Å². The largest absolute Gasteiger partial charge is 0.122 e. The first-order chi connectivity index (χ1) is 6.31. The summed E-state index contributed by atoms with van der Waals surface area (Å²) >= 11 is 5.80. The molecule has 1 atom stereocenters. The zero-order valence-electron chi connectivity index (χ0n) is 7.96. The van der Waals surface area contributed by atoms with E-state index in [2.05, 4.69) is 31.2 Å². The summed E-state index contributed by atoms with van der Waals surface area (Å²) in [4.78, 5) is 0. The van der Waals surface area contributed by atoms with Crippen molar-refractivity contribution in [1.82, 2.24) is 0 Å². The predicted molar refractivity (Wildman–Crippen MR) is 57.1 cm³/mol. The van der Waals surface area contributed by atoms with Crippen LogP contribution in [0.25, 0.3) is 0 Å². The Kier molecular flexibility index (Phi) is 2.59. The van der Waals surface area contributed by atoms with Gasteiger partial charge in [-0.3, -0.25) is 0 Å². The third-order valence-corrected chi connectivity index (χ3v) is 3.27. The van der Waals surface area contributed by atoms with Crippen LogP contribution in [0.3, 0.4) is 0 Å². The fourth-order valence-corrected chi connectivity index (χ4v) is 1.99. The minimum Gasteiger partial charge on any atom is -0.122 e. The molecule has 0 heterocycles. The molecule has 0 unspecified atom stereocenters. The number of alkyl halides is 1. The van der Waals surface area contributed by atoms with Crippen LogP contribution in [0.4, 0.5) is 0 Å². The van der Waals surface area contributed by atoms with Crippen LogP contribution < -0.4 is 0 Å². The second kappa shape index (κ2) is 3.71. The summed E-state index contributed by atoms with van der Waals surface area (Å²) in [6.45, 7) is 2.32. The Morgan fingerprint density at radius 3 is 2.85 bits per heavy atom. The molecule has 1 saturated carbocycles. The molecule has 70 valence electrons. The molecule has 13 heavy (non-hydrogen) atoms. The van der Waals surface area contributed by atoms with E-state index in [0.29, 0.717) is 5.88 Å². The Hall–Kier alpha value is -0.490. The van der Waals surface area contributed by atoms with Gasteiger partial charge >= 0.3 is 0 Å². The zero-order chi connectivity index (χ0) is 9.26. The number of rotatable bonds is 3. The maximum atomic E-state index is 5.80. The van der Waals surface area contributed by atoms with Gasteiger partial charge in [-0.2, -0.15) is 0 Å². The lowest BCUT2D eigenvalue weighted by molar-refractivity contribution is 0.663. The Morgan fingerprint density at radius 1 is 1.46 bits per heavy atom. The highest BCUT2D eigenvalue weighted by Gasteiger charge is 2.28. The molecule has 1 fully saturated rings. The molecule has 0 amide bonds. The summed E-state index contributed by atoms with van der Waals surface area (Å²) in [5, 5.41) is 0. The summed E-state index contributed by atoms with van der Waals surface area (Å²) in [7, 11) is 0. The van der Waals surface area contributed by atoms with Crippen molar-refractivity contribution in [3.05, 3.63) is 35.4 Å². The second-order valence-electron chi connectivity index (χ2n) is 4.00. The minimum absolute atomic E-state index is 0.630. The smallest absolute Gasteiger partial charge is 0.0474 e. The Labute approximate surface area is 84.9 Å². The average molecular weight is 195 g/mol. The molecule has 2 rings (SSSR count). The van der Waals surface area contributed by atoms with Crippen molar-refractivity contribution in [3.8, 4) is 0 Å². The molecule has 1 aliphatic carbocycles. The van der Waals surface area contributed by atoms with E-state index in [9.17, 15) is 0 Å². The number of hydrogen-bond acceptors (Lipinski definition) is 0. The summed E-state index contributed by atoms with van der Waals surface area (Å²) in [6, 6.07) is 8.68. The first-order valence-corrected chi connectivity index (χ1v) is 5.49. The van der Waals surface area contributed by atoms with Gasteiger partial charge in [0.2, 0.25) is 0 Å². The van der Waals surface area contributed by atoms with Gasteiger partial charge in [0.1, 0.15) is 0 Å². The van der Waals surface area contributed by atoms with Crippen LogP contribution in [-0.4, -0.2) is 0 Å². The minimum atomic E-state index is 0.630. The van der Waals surface area contributed by atoms with Crippen molar-refractivity contribution in [3.63, 3.8) is 0 Å². The van der Waals surface area contributed by atoms with Crippen LogP contribution in [0.15, 0.2) is 24.3 Å². The summed E-state index contributed by atoms with van der Waals surface area (Å²) in [5.41, 5.74) is 2.70. The topological polar surface area (TPSA) is 0 Å². The molecule has 0 bridgehead atoms. The SMILES string of the molecule is C[C@@H](c1cccc(CCl)c1)C1CC1. The molecule has 0 radical (unpaired) electrons. The van der Waals surface area contributed by atoms with Gasteiger partial charge in [-0.05, 0) is 35.8 Å². The van der Waals surface area contributed by atoms with Gasteiger partial charge in [-0.15, -0.1) is 11.6 Å². The fraction of sp³-hybridized carbons (Fsp3) is 0.500. The van der Waals surface area contributed by atoms with Gasteiger partial charge in [0.15, 0.2) is 0 Å². The molecule has 0 aliphatic heterocycles. The van der Waals surface area contributed by atoms with Crippen LogP contribution in [-0.2, 0) is 5.88 Å². The fourth-order valence-electron chi connectivity index (χ4n) is 1.83. The molecule has 0 N–H and O–H groups in total. The highest BCUT2D eigenvalue weighted by molar-refractivity contribution is 6.17. The van der Waals surface area contributed by atoms with Crippen molar-refractivity contribution in [2.75, 3.05) is 0 Å². The van der Waals surface area contributed by atoms with Gasteiger partial charge < -0.3 is 0 Å². The van der Waals surface area contributed by atoms with E-state index in [0.717, 1.165) is 11.8 Å². The van der Waals surface area contributed by atoms with Crippen molar-refractivity contribution in [1.29, 1.82) is 0 Å². The monoisotopic (exact) mass is 194 g/mol. The molecule has 1 heteroatoms. The van der Waals surface area contributed by atoms with Crippen molar-refractivity contribution < 1.29 is 0 Å². The van der Waals surface area contributed by atoms with E-state index >= 15 is 0 Å². The number of benzene rings is 1. The number of halogens is 1. The molecule has 1 aliphatic rings. The van der Waals surface area contributed by atoms with E-state index < -0.39 is 0 Å². The van der Waals surface area contributed by atoms with Gasteiger partial charge in [0.25, 0.3) is 0 Å². The van der Waals surface area contributed by atoms with Crippen LogP contribution in [0.5, 0.6) is 0 Å². The lowest BCUT2D eigenvalue weighted by Crippen LogP contribution is -1.95. The van der Waals surface area contributed by atoms with Gasteiger partial charge in [0, 0.05) is 5.88 Å². The molecular weight excluding hydrogens is 180 g/mol. The van der Waals surface area contributed by atoms with Crippen molar-refractivity contribution in [2.45, 2.75) is 31.6 Å². The molecule has 0 aromatic heterocycles. The Bertz CT molecular complexity index is 289. The van der Waals surface area contributed by atoms with Crippen LogP contribution in [0, 0.1) is 5.92 Å². The van der Waals surface area contributed by atoms with Crippen molar-refractivity contribution in [2.24, 2.45) is 5.92 Å². The van der Waals surface area contributed by atoms with E-state index in [1.165, 1.54) is 24.0 Å². The Balaban J connectivity index is 2.18. The van der Waals surface area contributed by atoms with Gasteiger partial charge in [-0.1, -0.05) is 31.2 Å². The third-order valence-electron chi connectivity index (χ3n) is 2.96. The molecule has 0 spiro atoms. The van der Waals surface area contributed by atoms with E-state index in [1.54, 1.807) is 0 Å². The first-order valence-electron chi connectivity index (χ1n) is 4.96. The standard InChI is InChI=1S/C12H15Cl/c1-9(11-5-6-11)12-4-2-3-10(7-12)8-13/h2-4,7,9,11H,5-6,8H2,1H3/t9-/m1/s1. The van der Waals surface area contributed by atoms with Crippen LogP contribution in [0.2, 0.25) is 0 Å². The van der Waals surface area contributed by atoms with E-state index in [4.69, 9.17) is 11.6 Å². The highest BCUT2D eigenvalue weighted by atomic mass is 35.5. The third kappa shape index (κ3) is 2.05. The van der Waals surface area contributed by atoms with Crippen molar-refractivity contribution >= 4 is 11.6 Å². The molecule has 1 aromatic rings. The maximum absolute atomic E-state index is 5.80. The first kappa shape index (κ1) is 9.08. The second-order valence-corrected chi connectivity index (χ2v) is 4.27. The quantitative estimate of drug-likeness (QED) is 0.640. The molecule has 0 saturated heterocycles. The zero-order valence-corrected chi connectivity index (χ0v) is 8.72. The van der Waals surface area contributed by atoms with Crippen LogP contribution >= 0.6 is 11.6 Å². The van der Waals surface area contributed by atoms with Gasteiger partial charge in [-0.25, -0.2) is 0 Å². The summed E-state index contributed by atoms with van der Waals surface area (Å²) in [6.07, 6.45) is 2.82. The van der Waals surface area contributed by atoms with E-state index in [1.807, 2.05) is 0 Å². The summed E-state index contributed by atoms with van der Waals surface area (Å²) < 4.78 is 0. The lowest BCUT2D eigenvalue weighted by atomic mass is 9.95. The Morgan fingerprint density at radius 2 is 2.23 bits per heavy atom. The predicted octanol–water partition coefficient (Wildman–Crippen LogP) is 3.94. The maximum Gasteiger partial charge on any atom is 0.0474 e.